The largest absolute Gasteiger partial charge is 0.356 e. The number of nitrogens with one attached hydrogen (secondary N) is 2. The maximum atomic E-state index is 5.56. The minimum absolute atomic E-state index is 0.204. The van der Waals surface area contributed by atoms with Gasteiger partial charge in [0.1, 0.15) is 0 Å². The molecule has 0 aliphatic heterocycles. The van der Waals surface area contributed by atoms with Crippen molar-refractivity contribution in [2.45, 2.75) is 43.9 Å². The number of thioether (sulfide) groups is 1. The lowest BCUT2D eigenvalue weighted by atomic mass is 9.99. The van der Waals surface area contributed by atoms with E-state index in [1.807, 2.05) is 17.8 Å². The smallest absolute Gasteiger partial charge is 0.171 e. The number of rotatable bonds is 7. The molecule has 29 heavy (non-hydrogen) atoms. The van der Waals surface area contributed by atoms with Crippen LogP contribution in [0.4, 0.5) is 5.69 Å². The molecule has 2 N–H and O–H groups in total. The summed E-state index contributed by atoms with van der Waals surface area (Å²) in [6.45, 7) is 6.47. The zero-order valence-electron chi connectivity index (χ0n) is 17.2. The number of hydrogen-bond acceptors (Lipinski definition) is 2. The Morgan fingerprint density at radius 1 is 0.931 bits per heavy atom. The van der Waals surface area contributed by atoms with Crippen molar-refractivity contribution in [2.75, 3.05) is 5.32 Å². The predicted octanol–water partition coefficient (Wildman–Crippen LogP) is 7.03. The first-order chi connectivity index (χ1) is 14.0. The van der Waals surface area contributed by atoms with Crippen molar-refractivity contribution >= 4 is 34.8 Å². The topological polar surface area (TPSA) is 24.1 Å². The summed E-state index contributed by atoms with van der Waals surface area (Å²) in [5, 5.41) is 7.43. The van der Waals surface area contributed by atoms with E-state index in [0.717, 1.165) is 17.9 Å². The van der Waals surface area contributed by atoms with E-state index in [9.17, 15) is 0 Å². The van der Waals surface area contributed by atoms with Gasteiger partial charge in [0.05, 0.1) is 6.04 Å². The molecule has 0 heterocycles. The Bertz CT molecular complexity index is 937. The Morgan fingerprint density at radius 3 is 2.31 bits per heavy atom. The SMILES string of the molecule is CC[C@H](NC(=S)Nc1ccc(CSc2ccccc2)cc1)c1ccc(C)c(C)c1. The Kier molecular flexibility index (Phi) is 7.73. The van der Waals surface area contributed by atoms with Crippen LogP contribution in [0.2, 0.25) is 0 Å². The monoisotopic (exact) mass is 420 g/mol. The molecule has 0 unspecified atom stereocenters. The van der Waals surface area contributed by atoms with Gasteiger partial charge in [-0.15, -0.1) is 11.8 Å². The van der Waals surface area contributed by atoms with Crippen molar-refractivity contribution in [2.24, 2.45) is 0 Å². The number of hydrogen-bond donors (Lipinski definition) is 2. The molecule has 0 spiro atoms. The Hall–Kier alpha value is -2.30. The second-order valence-corrected chi connectivity index (χ2v) is 8.66. The normalized spacial score (nSPS) is 11.7. The van der Waals surface area contributed by atoms with Crippen molar-refractivity contribution in [1.82, 2.24) is 5.32 Å². The Balaban J connectivity index is 1.54. The van der Waals surface area contributed by atoms with Crippen molar-refractivity contribution in [3.05, 3.63) is 95.1 Å². The predicted molar refractivity (Wildman–Crippen MR) is 131 cm³/mol. The van der Waals surface area contributed by atoms with Crippen LogP contribution in [0.25, 0.3) is 0 Å². The van der Waals surface area contributed by atoms with Gasteiger partial charge >= 0.3 is 0 Å². The lowest BCUT2D eigenvalue weighted by Crippen LogP contribution is -2.32. The van der Waals surface area contributed by atoms with Crippen LogP contribution in [0.5, 0.6) is 0 Å². The van der Waals surface area contributed by atoms with E-state index in [1.54, 1.807) is 0 Å². The summed E-state index contributed by atoms with van der Waals surface area (Å²) in [7, 11) is 0. The lowest BCUT2D eigenvalue weighted by molar-refractivity contribution is 0.628. The van der Waals surface area contributed by atoms with E-state index in [2.05, 4.69) is 98.1 Å². The van der Waals surface area contributed by atoms with Crippen LogP contribution in [-0.2, 0) is 5.75 Å². The molecule has 0 bridgehead atoms. The molecule has 0 aromatic heterocycles. The molecule has 1 atom stereocenters. The highest BCUT2D eigenvalue weighted by Crippen LogP contribution is 2.23. The van der Waals surface area contributed by atoms with E-state index in [0.29, 0.717) is 5.11 Å². The fraction of sp³-hybridized carbons (Fsp3) is 0.240. The quantitative estimate of drug-likeness (QED) is 0.316. The van der Waals surface area contributed by atoms with Gasteiger partial charge in [-0.2, -0.15) is 0 Å². The van der Waals surface area contributed by atoms with Gasteiger partial charge in [0.15, 0.2) is 5.11 Å². The van der Waals surface area contributed by atoms with Gasteiger partial charge in [-0.1, -0.05) is 55.5 Å². The highest BCUT2D eigenvalue weighted by atomic mass is 32.2. The van der Waals surface area contributed by atoms with E-state index in [4.69, 9.17) is 12.2 Å². The van der Waals surface area contributed by atoms with Crippen molar-refractivity contribution < 1.29 is 0 Å². The molecule has 3 aromatic carbocycles. The van der Waals surface area contributed by atoms with E-state index in [-0.39, 0.29) is 6.04 Å². The minimum Gasteiger partial charge on any atom is -0.356 e. The summed E-state index contributed by atoms with van der Waals surface area (Å²) < 4.78 is 0. The first kappa shape index (κ1) is 21.4. The van der Waals surface area contributed by atoms with E-state index in [1.165, 1.54) is 27.1 Å². The summed E-state index contributed by atoms with van der Waals surface area (Å²) in [5.74, 6) is 0.956. The molecule has 2 nitrogen and oxygen atoms in total. The molecule has 3 rings (SSSR count). The molecule has 0 saturated heterocycles. The molecule has 3 aromatic rings. The molecule has 150 valence electrons. The number of thiocarbonyl (C=S) groups is 1. The zero-order chi connectivity index (χ0) is 20.6. The van der Waals surface area contributed by atoms with Gasteiger partial charge in [0.25, 0.3) is 0 Å². The van der Waals surface area contributed by atoms with Gasteiger partial charge in [-0.25, -0.2) is 0 Å². The molecule has 0 aliphatic rings. The van der Waals surface area contributed by atoms with Crippen molar-refractivity contribution in [3.8, 4) is 0 Å². The maximum Gasteiger partial charge on any atom is 0.171 e. The molecular formula is C25H28N2S2. The highest BCUT2D eigenvalue weighted by Gasteiger charge is 2.11. The Labute approximate surface area is 184 Å². The van der Waals surface area contributed by atoms with Gasteiger partial charge in [-0.05, 0) is 79.0 Å². The fourth-order valence-corrected chi connectivity index (χ4v) is 4.23. The average molecular weight is 421 g/mol. The summed E-state index contributed by atoms with van der Waals surface area (Å²) in [5.41, 5.74) is 6.20. The molecule has 0 amide bonds. The summed E-state index contributed by atoms with van der Waals surface area (Å²) >= 11 is 7.40. The van der Waals surface area contributed by atoms with Gasteiger partial charge < -0.3 is 10.6 Å². The van der Waals surface area contributed by atoms with Crippen LogP contribution >= 0.6 is 24.0 Å². The molecule has 0 fully saturated rings. The molecule has 4 heteroatoms. The van der Waals surface area contributed by atoms with Crippen LogP contribution in [0.15, 0.2) is 77.7 Å². The highest BCUT2D eigenvalue weighted by molar-refractivity contribution is 7.98. The fourth-order valence-electron chi connectivity index (χ4n) is 3.10. The summed E-state index contributed by atoms with van der Waals surface area (Å²) in [4.78, 5) is 1.29. The molecule has 0 saturated carbocycles. The summed E-state index contributed by atoms with van der Waals surface area (Å²) in [6, 6.07) is 25.8. The standard InChI is InChI=1S/C25H28N2S2/c1-4-24(21-13-10-18(2)19(3)16-21)27-25(28)26-22-14-11-20(12-15-22)17-29-23-8-6-5-7-9-23/h5-16,24H,4,17H2,1-3H3,(H2,26,27,28)/t24-/m0/s1. The van der Waals surface area contributed by atoms with Crippen LogP contribution in [0, 0.1) is 13.8 Å². The van der Waals surface area contributed by atoms with Gasteiger partial charge in [0, 0.05) is 16.3 Å². The third kappa shape index (κ3) is 6.34. The molecule has 0 aliphatic carbocycles. The van der Waals surface area contributed by atoms with Crippen LogP contribution in [0.1, 0.15) is 41.6 Å². The first-order valence-electron chi connectivity index (χ1n) is 9.96. The zero-order valence-corrected chi connectivity index (χ0v) is 18.9. The van der Waals surface area contributed by atoms with Crippen LogP contribution < -0.4 is 10.6 Å². The second-order valence-electron chi connectivity index (χ2n) is 7.20. The number of aryl methyl sites for hydroxylation is 2. The lowest BCUT2D eigenvalue weighted by Gasteiger charge is -2.21. The molecular weight excluding hydrogens is 392 g/mol. The third-order valence-corrected chi connectivity index (χ3v) is 6.31. The number of anilines is 1. The third-order valence-electron chi connectivity index (χ3n) is 5.01. The van der Waals surface area contributed by atoms with E-state index < -0.39 is 0 Å². The Morgan fingerprint density at radius 2 is 1.66 bits per heavy atom. The van der Waals surface area contributed by atoms with Gasteiger partial charge in [-0.3, -0.25) is 0 Å². The second kappa shape index (κ2) is 10.5. The molecule has 0 radical (unpaired) electrons. The number of benzene rings is 3. The van der Waals surface area contributed by atoms with Crippen molar-refractivity contribution in [1.29, 1.82) is 0 Å². The van der Waals surface area contributed by atoms with Crippen LogP contribution in [0.3, 0.4) is 0 Å². The van der Waals surface area contributed by atoms with Gasteiger partial charge in [0.2, 0.25) is 0 Å². The van der Waals surface area contributed by atoms with Crippen LogP contribution in [-0.4, -0.2) is 5.11 Å². The average Bonchev–Trinajstić information content (AvgIpc) is 2.74. The van der Waals surface area contributed by atoms with E-state index >= 15 is 0 Å². The maximum absolute atomic E-state index is 5.56. The minimum atomic E-state index is 0.204. The first-order valence-corrected chi connectivity index (χ1v) is 11.4. The van der Waals surface area contributed by atoms with Crippen molar-refractivity contribution in [3.63, 3.8) is 0 Å². The summed E-state index contributed by atoms with van der Waals surface area (Å²) in [6.07, 6.45) is 0.972.